The lowest BCUT2D eigenvalue weighted by molar-refractivity contribution is 0.00792. The van der Waals surface area contributed by atoms with Gasteiger partial charge in [0.2, 0.25) is 0 Å². The van der Waals surface area contributed by atoms with Gasteiger partial charge < -0.3 is 14.4 Å². The summed E-state index contributed by atoms with van der Waals surface area (Å²) in [6, 6.07) is 5.86. The van der Waals surface area contributed by atoms with Crippen LogP contribution >= 0.6 is 0 Å². The van der Waals surface area contributed by atoms with E-state index in [1.54, 1.807) is 11.1 Å². The fourth-order valence-corrected chi connectivity index (χ4v) is 2.75. The van der Waals surface area contributed by atoms with E-state index < -0.39 is 5.60 Å². The second-order valence-corrected chi connectivity index (χ2v) is 6.90. The maximum absolute atomic E-state index is 12.2. The second-order valence-electron chi connectivity index (χ2n) is 6.90. The van der Waals surface area contributed by atoms with Gasteiger partial charge in [0.15, 0.2) is 0 Å². The number of nitrogens with one attached hydrogen (secondary N) is 1. The van der Waals surface area contributed by atoms with Gasteiger partial charge in [0, 0.05) is 11.9 Å². The first-order chi connectivity index (χ1) is 10.9. The minimum atomic E-state index is -0.480. The third-order valence-electron chi connectivity index (χ3n) is 3.76. The number of nitrogens with zero attached hydrogens (tertiary/aromatic N) is 2. The Labute approximate surface area is 135 Å². The summed E-state index contributed by atoms with van der Waals surface area (Å²) in [4.78, 5) is 13.9. The van der Waals surface area contributed by atoms with Crippen molar-refractivity contribution in [3.05, 3.63) is 24.4 Å². The molecular weight excluding hydrogens is 294 g/mol. The highest BCUT2D eigenvalue weighted by atomic mass is 16.6. The van der Waals surface area contributed by atoms with Gasteiger partial charge in [-0.2, -0.15) is 5.10 Å². The molecule has 1 saturated heterocycles. The van der Waals surface area contributed by atoms with Crippen LogP contribution < -0.4 is 4.74 Å². The summed E-state index contributed by atoms with van der Waals surface area (Å²) in [6.45, 7) is 6.88. The van der Waals surface area contributed by atoms with E-state index in [2.05, 4.69) is 10.2 Å². The Morgan fingerprint density at radius 3 is 3.00 bits per heavy atom. The summed E-state index contributed by atoms with van der Waals surface area (Å²) in [7, 11) is 0. The molecule has 3 rings (SSSR count). The minimum Gasteiger partial charge on any atom is -0.486 e. The molecule has 23 heavy (non-hydrogen) atoms. The lowest BCUT2D eigenvalue weighted by Gasteiger charge is -2.34. The number of hydrogen-bond acceptors (Lipinski definition) is 4. The topological polar surface area (TPSA) is 67.4 Å². The van der Waals surface area contributed by atoms with Gasteiger partial charge in [-0.15, -0.1) is 0 Å². The molecule has 0 spiro atoms. The Morgan fingerprint density at radius 2 is 2.22 bits per heavy atom. The Kier molecular flexibility index (Phi) is 4.15. The number of likely N-dealkylation sites (tertiary alicyclic amines) is 1. The van der Waals surface area contributed by atoms with E-state index in [1.807, 2.05) is 39.0 Å². The number of carbonyl (C=O) groups is 1. The Balaban J connectivity index is 1.67. The summed E-state index contributed by atoms with van der Waals surface area (Å²) in [6.07, 6.45) is 3.29. The number of ether oxygens (including phenoxy) is 2. The van der Waals surface area contributed by atoms with Crippen molar-refractivity contribution in [1.29, 1.82) is 0 Å². The number of amides is 1. The van der Waals surface area contributed by atoms with Gasteiger partial charge in [0.25, 0.3) is 0 Å². The predicted molar refractivity (Wildman–Crippen MR) is 87.6 cm³/mol. The first-order valence-corrected chi connectivity index (χ1v) is 7.99. The molecule has 1 fully saturated rings. The first kappa shape index (κ1) is 15.6. The number of fused-ring (bicyclic) bond motifs is 1. The van der Waals surface area contributed by atoms with Crippen molar-refractivity contribution in [3.8, 4) is 5.75 Å². The zero-order chi connectivity index (χ0) is 16.4. The van der Waals surface area contributed by atoms with Gasteiger partial charge in [-0.3, -0.25) is 5.10 Å². The van der Waals surface area contributed by atoms with Crippen LogP contribution in [0.2, 0.25) is 0 Å². The standard InChI is InChI=1S/C17H23N3O3/c1-17(2,3)23-16(21)20-9-5-7-13(11-20)22-14-8-4-6-12-10-18-19-15(12)14/h4,6,8,10,13H,5,7,9,11H2,1-3H3,(H,18,19). The lowest BCUT2D eigenvalue weighted by atomic mass is 10.1. The zero-order valence-corrected chi connectivity index (χ0v) is 13.8. The lowest BCUT2D eigenvalue weighted by Crippen LogP contribution is -2.46. The molecule has 1 atom stereocenters. The molecule has 0 saturated carbocycles. The summed E-state index contributed by atoms with van der Waals surface area (Å²) in [5.41, 5.74) is 0.411. The van der Waals surface area contributed by atoms with Crippen molar-refractivity contribution in [2.45, 2.75) is 45.3 Å². The van der Waals surface area contributed by atoms with Crippen LogP contribution in [0.4, 0.5) is 4.79 Å². The highest BCUT2D eigenvalue weighted by Gasteiger charge is 2.28. The van der Waals surface area contributed by atoms with Crippen molar-refractivity contribution in [2.24, 2.45) is 0 Å². The van der Waals surface area contributed by atoms with Gasteiger partial charge in [0.1, 0.15) is 23.0 Å². The van der Waals surface area contributed by atoms with Crippen molar-refractivity contribution in [2.75, 3.05) is 13.1 Å². The van der Waals surface area contributed by atoms with Gasteiger partial charge in [-0.05, 0) is 39.7 Å². The van der Waals surface area contributed by atoms with E-state index in [-0.39, 0.29) is 12.2 Å². The third kappa shape index (κ3) is 3.75. The number of rotatable bonds is 2. The van der Waals surface area contributed by atoms with E-state index in [0.29, 0.717) is 13.1 Å². The van der Waals surface area contributed by atoms with E-state index in [1.165, 1.54) is 0 Å². The molecule has 124 valence electrons. The fourth-order valence-electron chi connectivity index (χ4n) is 2.75. The predicted octanol–water partition coefficient (Wildman–Crippen LogP) is 3.34. The van der Waals surface area contributed by atoms with Crippen molar-refractivity contribution < 1.29 is 14.3 Å². The molecule has 0 aliphatic carbocycles. The van der Waals surface area contributed by atoms with E-state index >= 15 is 0 Å². The summed E-state index contributed by atoms with van der Waals surface area (Å²) >= 11 is 0. The maximum Gasteiger partial charge on any atom is 0.410 e. The largest absolute Gasteiger partial charge is 0.486 e. The summed E-state index contributed by atoms with van der Waals surface area (Å²) < 4.78 is 11.6. The highest BCUT2D eigenvalue weighted by Crippen LogP contribution is 2.26. The molecule has 1 amide bonds. The Hall–Kier alpha value is -2.24. The van der Waals surface area contributed by atoms with Crippen LogP contribution in [0.1, 0.15) is 33.6 Å². The number of hydrogen-bond donors (Lipinski definition) is 1. The number of benzene rings is 1. The molecule has 6 heteroatoms. The van der Waals surface area contributed by atoms with Gasteiger partial charge >= 0.3 is 6.09 Å². The molecule has 0 bridgehead atoms. The van der Waals surface area contributed by atoms with Crippen molar-refractivity contribution in [3.63, 3.8) is 0 Å². The number of aromatic nitrogens is 2. The molecule has 1 aliphatic heterocycles. The molecule has 2 heterocycles. The molecule has 0 radical (unpaired) electrons. The maximum atomic E-state index is 12.2. The SMILES string of the molecule is CC(C)(C)OC(=O)N1CCCC(Oc2cccc3cn[nH]c23)C1. The molecule has 6 nitrogen and oxygen atoms in total. The van der Waals surface area contributed by atoms with Crippen LogP contribution in [0.15, 0.2) is 24.4 Å². The van der Waals surface area contributed by atoms with Crippen LogP contribution in [0.3, 0.4) is 0 Å². The normalized spacial score (nSPS) is 18.9. The average molecular weight is 317 g/mol. The fraction of sp³-hybridized carbons (Fsp3) is 0.529. The van der Waals surface area contributed by atoms with Crippen LogP contribution in [-0.2, 0) is 4.74 Å². The smallest absolute Gasteiger partial charge is 0.410 e. The number of H-pyrrole nitrogens is 1. The van der Waals surface area contributed by atoms with Gasteiger partial charge in [-0.25, -0.2) is 4.79 Å². The monoisotopic (exact) mass is 317 g/mol. The second kappa shape index (κ2) is 6.10. The quantitative estimate of drug-likeness (QED) is 0.922. The van der Waals surface area contributed by atoms with Crippen LogP contribution in [0.5, 0.6) is 5.75 Å². The van der Waals surface area contributed by atoms with Gasteiger partial charge in [-0.1, -0.05) is 12.1 Å². The van der Waals surface area contributed by atoms with E-state index in [4.69, 9.17) is 9.47 Å². The van der Waals surface area contributed by atoms with Crippen LogP contribution in [0, 0.1) is 0 Å². The van der Waals surface area contributed by atoms with E-state index in [9.17, 15) is 4.79 Å². The average Bonchev–Trinajstić information content (AvgIpc) is 2.95. The van der Waals surface area contributed by atoms with E-state index in [0.717, 1.165) is 29.5 Å². The molecule has 2 aromatic rings. The third-order valence-corrected chi connectivity index (χ3v) is 3.76. The highest BCUT2D eigenvalue weighted by molar-refractivity contribution is 5.83. The molecule has 1 aromatic carbocycles. The summed E-state index contributed by atoms with van der Waals surface area (Å²) in [5.74, 6) is 0.774. The number of para-hydroxylation sites is 1. The van der Waals surface area contributed by atoms with Crippen molar-refractivity contribution in [1.82, 2.24) is 15.1 Å². The Morgan fingerprint density at radius 1 is 1.39 bits per heavy atom. The molecule has 1 unspecified atom stereocenters. The van der Waals surface area contributed by atoms with Gasteiger partial charge in [0.05, 0.1) is 12.7 Å². The minimum absolute atomic E-state index is 0.0369. The first-order valence-electron chi connectivity index (χ1n) is 7.99. The molecule has 1 N–H and O–H groups in total. The summed E-state index contributed by atoms with van der Waals surface area (Å²) in [5, 5.41) is 8.03. The number of aromatic amines is 1. The molecular formula is C17H23N3O3. The number of carbonyl (C=O) groups excluding carboxylic acids is 1. The Bertz CT molecular complexity index is 690. The number of piperidine rings is 1. The van der Waals surface area contributed by atoms with Crippen LogP contribution in [-0.4, -0.2) is 46.0 Å². The molecule has 1 aromatic heterocycles. The van der Waals surface area contributed by atoms with Crippen molar-refractivity contribution >= 4 is 17.0 Å². The van der Waals surface area contributed by atoms with Crippen LogP contribution in [0.25, 0.3) is 10.9 Å². The molecule has 1 aliphatic rings. The zero-order valence-electron chi connectivity index (χ0n) is 13.8.